The molecule has 1 aliphatic heterocycles. The SMILES string of the molecule is I.NC(=NC1CC(c2ccccc2F)C1)Nc1ccc2c(c1)OCCCO2. The summed E-state index contributed by atoms with van der Waals surface area (Å²) in [5.41, 5.74) is 7.61. The number of halogens is 2. The van der Waals surface area contributed by atoms with E-state index in [9.17, 15) is 4.39 Å². The maximum absolute atomic E-state index is 13.8. The molecule has 144 valence electrons. The summed E-state index contributed by atoms with van der Waals surface area (Å²) in [5, 5.41) is 3.10. The van der Waals surface area contributed by atoms with E-state index in [0.29, 0.717) is 24.9 Å². The van der Waals surface area contributed by atoms with Crippen LogP contribution < -0.4 is 20.5 Å². The molecule has 1 saturated carbocycles. The van der Waals surface area contributed by atoms with Crippen LogP contribution in [0.3, 0.4) is 0 Å². The van der Waals surface area contributed by atoms with Gasteiger partial charge in [-0.25, -0.2) is 9.38 Å². The number of benzene rings is 2. The summed E-state index contributed by atoms with van der Waals surface area (Å²) in [6.45, 7) is 1.30. The highest BCUT2D eigenvalue weighted by atomic mass is 127. The van der Waals surface area contributed by atoms with Crippen molar-refractivity contribution in [3.05, 3.63) is 53.8 Å². The number of anilines is 1. The first-order valence-electron chi connectivity index (χ1n) is 8.93. The number of rotatable bonds is 3. The Balaban J connectivity index is 0.00000210. The summed E-state index contributed by atoms with van der Waals surface area (Å²) in [4.78, 5) is 4.50. The average molecular weight is 483 g/mol. The molecule has 0 aromatic heterocycles. The first-order valence-corrected chi connectivity index (χ1v) is 8.93. The molecule has 0 atom stereocenters. The molecule has 0 bridgehead atoms. The van der Waals surface area contributed by atoms with Crippen LogP contribution in [-0.4, -0.2) is 25.2 Å². The Morgan fingerprint density at radius 2 is 1.81 bits per heavy atom. The van der Waals surface area contributed by atoms with E-state index in [1.807, 2.05) is 30.3 Å². The molecule has 27 heavy (non-hydrogen) atoms. The monoisotopic (exact) mass is 483 g/mol. The minimum atomic E-state index is -0.141. The normalized spacial score (nSPS) is 21.4. The highest BCUT2D eigenvalue weighted by Gasteiger charge is 2.31. The van der Waals surface area contributed by atoms with Crippen LogP contribution >= 0.6 is 24.0 Å². The summed E-state index contributed by atoms with van der Waals surface area (Å²) in [5.74, 6) is 1.89. The predicted octanol–water partition coefficient (Wildman–Crippen LogP) is 4.28. The molecule has 0 radical (unpaired) electrons. The van der Waals surface area contributed by atoms with Crippen molar-refractivity contribution in [1.29, 1.82) is 0 Å². The fourth-order valence-electron chi connectivity index (χ4n) is 3.37. The third-order valence-corrected chi connectivity index (χ3v) is 4.80. The third kappa shape index (κ3) is 4.63. The van der Waals surface area contributed by atoms with Gasteiger partial charge in [0, 0.05) is 18.2 Å². The van der Waals surface area contributed by atoms with Gasteiger partial charge in [-0.2, -0.15) is 0 Å². The van der Waals surface area contributed by atoms with Crippen molar-refractivity contribution in [1.82, 2.24) is 0 Å². The van der Waals surface area contributed by atoms with Gasteiger partial charge in [-0.15, -0.1) is 24.0 Å². The Kier molecular flexibility index (Phi) is 6.41. The van der Waals surface area contributed by atoms with Crippen LogP contribution in [0, 0.1) is 5.82 Å². The van der Waals surface area contributed by atoms with Crippen molar-refractivity contribution in [3.63, 3.8) is 0 Å². The average Bonchev–Trinajstić information content (AvgIpc) is 2.83. The topological polar surface area (TPSA) is 68.9 Å². The molecular weight excluding hydrogens is 460 g/mol. The van der Waals surface area contributed by atoms with Crippen molar-refractivity contribution < 1.29 is 13.9 Å². The van der Waals surface area contributed by atoms with Gasteiger partial charge in [0.25, 0.3) is 0 Å². The van der Waals surface area contributed by atoms with Crippen molar-refractivity contribution in [2.24, 2.45) is 10.7 Å². The first-order chi connectivity index (χ1) is 12.7. The first kappa shape index (κ1) is 19.7. The van der Waals surface area contributed by atoms with Crippen LogP contribution in [0.25, 0.3) is 0 Å². The lowest BCUT2D eigenvalue weighted by molar-refractivity contribution is 0.297. The van der Waals surface area contributed by atoms with E-state index >= 15 is 0 Å². The molecule has 7 heteroatoms. The zero-order chi connectivity index (χ0) is 17.9. The van der Waals surface area contributed by atoms with E-state index in [1.165, 1.54) is 6.07 Å². The largest absolute Gasteiger partial charge is 0.490 e. The molecule has 3 N–H and O–H groups in total. The number of nitrogens with one attached hydrogen (secondary N) is 1. The molecule has 0 unspecified atom stereocenters. The maximum Gasteiger partial charge on any atom is 0.193 e. The van der Waals surface area contributed by atoms with Gasteiger partial charge in [-0.3, -0.25) is 0 Å². The van der Waals surface area contributed by atoms with Gasteiger partial charge in [-0.05, 0) is 42.5 Å². The Hall–Kier alpha value is -2.03. The Morgan fingerprint density at radius 3 is 2.59 bits per heavy atom. The lowest BCUT2D eigenvalue weighted by atomic mass is 9.76. The van der Waals surface area contributed by atoms with Gasteiger partial charge in [0.05, 0.1) is 19.3 Å². The fourth-order valence-corrected chi connectivity index (χ4v) is 3.37. The lowest BCUT2D eigenvalue weighted by Crippen LogP contribution is -2.31. The predicted molar refractivity (Wildman–Crippen MR) is 115 cm³/mol. The molecule has 2 aliphatic rings. The molecule has 2 aromatic carbocycles. The van der Waals surface area contributed by atoms with Gasteiger partial charge in [0.1, 0.15) is 5.82 Å². The van der Waals surface area contributed by atoms with Gasteiger partial charge in [0.2, 0.25) is 0 Å². The van der Waals surface area contributed by atoms with E-state index in [2.05, 4.69) is 10.3 Å². The third-order valence-electron chi connectivity index (χ3n) is 4.80. The van der Waals surface area contributed by atoms with Crippen molar-refractivity contribution in [3.8, 4) is 11.5 Å². The van der Waals surface area contributed by atoms with E-state index in [1.54, 1.807) is 6.07 Å². The molecule has 0 saturated heterocycles. The molecule has 1 heterocycles. The van der Waals surface area contributed by atoms with E-state index in [-0.39, 0.29) is 41.8 Å². The van der Waals surface area contributed by atoms with E-state index < -0.39 is 0 Å². The number of guanidine groups is 1. The number of ether oxygens (including phenoxy) is 2. The summed E-state index contributed by atoms with van der Waals surface area (Å²) in [7, 11) is 0. The summed E-state index contributed by atoms with van der Waals surface area (Å²) >= 11 is 0. The Bertz CT molecular complexity index is 825. The fraction of sp³-hybridized carbons (Fsp3) is 0.350. The van der Waals surface area contributed by atoms with E-state index in [4.69, 9.17) is 15.2 Å². The number of nitrogens with zero attached hydrogens (tertiary/aromatic N) is 1. The van der Waals surface area contributed by atoms with Crippen LogP contribution in [-0.2, 0) is 0 Å². The summed E-state index contributed by atoms with van der Waals surface area (Å²) in [6, 6.07) is 12.7. The molecule has 2 aromatic rings. The van der Waals surface area contributed by atoms with Gasteiger partial charge >= 0.3 is 0 Å². The Labute approximate surface area is 175 Å². The van der Waals surface area contributed by atoms with Crippen LogP contribution in [0.4, 0.5) is 10.1 Å². The second kappa shape index (κ2) is 8.77. The minimum Gasteiger partial charge on any atom is -0.490 e. The quantitative estimate of drug-likeness (QED) is 0.389. The highest BCUT2D eigenvalue weighted by molar-refractivity contribution is 14.0. The number of fused-ring (bicyclic) bond motifs is 1. The van der Waals surface area contributed by atoms with Crippen molar-refractivity contribution >= 4 is 35.6 Å². The maximum atomic E-state index is 13.8. The minimum absolute atomic E-state index is 0. The number of aliphatic imine (C=N–C) groups is 1. The molecule has 4 rings (SSSR count). The molecule has 5 nitrogen and oxygen atoms in total. The van der Waals surface area contributed by atoms with Gasteiger partial charge in [-0.1, -0.05) is 18.2 Å². The number of nitrogens with two attached hydrogens (primary N) is 1. The Morgan fingerprint density at radius 1 is 1.07 bits per heavy atom. The van der Waals surface area contributed by atoms with Crippen molar-refractivity contribution in [2.75, 3.05) is 18.5 Å². The lowest BCUT2D eigenvalue weighted by Gasteiger charge is -2.33. The van der Waals surface area contributed by atoms with Crippen LogP contribution in [0.5, 0.6) is 11.5 Å². The van der Waals surface area contributed by atoms with Crippen molar-refractivity contribution in [2.45, 2.75) is 31.2 Å². The van der Waals surface area contributed by atoms with Gasteiger partial charge < -0.3 is 20.5 Å². The molecule has 1 fully saturated rings. The van der Waals surface area contributed by atoms with Gasteiger partial charge in [0.15, 0.2) is 17.5 Å². The molecule has 0 amide bonds. The van der Waals surface area contributed by atoms with Crippen LogP contribution in [0.15, 0.2) is 47.5 Å². The second-order valence-electron chi connectivity index (χ2n) is 6.69. The van der Waals surface area contributed by atoms with Crippen LogP contribution in [0.2, 0.25) is 0 Å². The van der Waals surface area contributed by atoms with E-state index in [0.717, 1.165) is 36.3 Å². The molecule has 0 spiro atoms. The second-order valence-corrected chi connectivity index (χ2v) is 6.69. The molecular formula is C20H23FIN3O2. The number of hydrogen-bond donors (Lipinski definition) is 2. The zero-order valence-corrected chi connectivity index (χ0v) is 17.2. The summed E-state index contributed by atoms with van der Waals surface area (Å²) < 4.78 is 25.1. The highest BCUT2D eigenvalue weighted by Crippen LogP contribution is 2.39. The zero-order valence-electron chi connectivity index (χ0n) is 14.9. The van der Waals surface area contributed by atoms with Crippen LogP contribution in [0.1, 0.15) is 30.7 Å². The molecule has 1 aliphatic carbocycles. The summed E-state index contributed by atoms with van der Waals surface area (Å²) in [6.07, 6.45) is 2.49. The number of hydrogen-bond acceptors (Lipinski definition) is 3. The smallest absolute Gasteiger partial charge is 0.193 e. The standard InChI is InChI=1S/C20H22FN3O2.HI/c21-17-5-2-1-4-16(17)13-10-15(11-13)24-20(22)23-14-6-7-18-19(12-14)26-9-3-8-25-18;/h1-2,4-7,12-13,15H,3,8-11H2,(H3,22,23,24);1H.